The van der Waals surface area contributed by atoms with Gasteiger partial charge >= 0.3 is 0 Å². The number of nitrogen functional groups attached to an aromatic ring is 1. The smallest absolute Gasteiger partial charge is 0.267 e. The van der Waals surface area contributed by atoms with E-state index in [-0.39, 0.29) is 10.7 Å². The van der Waals surface area contributed by atoms with Crippen molar-refractivity contribution >= 4 is 33.3 Å². The highest BCUT2D eigenvalue weighted by molar-refractivity contribution is 7.99. The zero-order valence-electron chi connectivity index (χ0n) is 11.2. The van der Waals surface area contributed by atoms with Gasteiger partial charge in [-0.1, -0.05) is 12.1 Å². The first-order valence-corrected chi connectivity index (χ1v) is 8.67. The molecule has 8 heteroatoms. The highest BCUT2D eigenvalue weighted by Gasteiger charge is 2.21. The zero-order chi connectivity index (χ0) is 14.8. The number of nitrogens with zero attached hydrogens (tertiary/aromatic N) is 2. The monoisotopic (exact) mass is 312 g/mol. The highest BCUT2D eigenvalue weighted by atomic mass is 32.2. The van der Waals surface area contributed by atoms with Gasteiger partial charge in [-0.25, -0.2) is 8.42 Å². The summed E-state index contributed by atoms with van der Waals surface area (Å²) in [5, 5.41) is 3.95. The third kappa shape index (κ3) is 2.91. The summed E-state index contributed by atoms with van der Waals surface area (Å²) in [5.74, 6) is 0.000910. The second-order valence-electron chi connectivity index (χ2n) is 4.04. The fourth-order valence-corrected chi connectivity index (χ4v) is 3.49. The first-order chi connectivity index (χ1) is 9.47. The number of hydrogen-bond acceptors (Lipinski definition) is 5. The maximum Gasteiger partial charge on any atom is 0.267 e. The Morgan fingerprint density at radius 1 is 1.40 bits per heavy atom. The Hall–Kier alpha value is -1.67. The molecule has 0 spiro atoms. The molecule has 0 atom stereocenters. The van der Waals surface area contributed by atoms with E-state index >= 15 is 0 Å². The van der Waals surface area contributed by atoms with E-state index in [2.05, 4.69) is 9.82 Å². The van der Waals surface area contributed by atoms with E-state index in [9.17, 15) is 8.42 Å². The molecule has 20 heavy (non-hydrogen) atoms. The van der Waals surface area contributed by atoms with Crippen molar-refractivity contribution in [2.75, 3.05) is 16.7 Å². The summed E-state index contributed by atoms with van der Waals surface area (Å²) in [6.45, 7) is 2.42. The average molecular weight is 312 g/mol. The van der Waals surface area contributed by atoms with Gasteiger partial charge in [0.25, 0.3) is 10.0 Å². The number of anilines is 2. The van der Waals surface area contributed by atoms with Crippen LogP contribution in [0.25, 0.3) is 0 Å². The van der Waals surface area contributed by atoms with Gasteiger partial charge in [0.2, 0.25) is 0 Å². The second-order valence-corrected chi connectivity index (χ2v) is 6.54. The fourth-order valence-electron chi connectivity index (χ4n) is 1.72. The molecule has 6 nitrogen and oxygen atoms in total. The van der Waals surface area contributed by atoms with Crippen molar-refractivity contribution in [3.8, 4) is 0 Å². The molecule has 0 unspecified atom stereocenters. The topological polar surface area (TPSA) is 90.0 Å². The Kier molecular flexibility index (Phi) is 4.24. The van der Waals surface area contributed by atoms with Crippen LogP contribution in [0.2, 0.25) is 0 Å². The molecule has 2 rings (SSSR count). The van der Waals surface area contributed by atoms with Gasteiger partial charge in [0.1, 0.15) is 4.90 Å². The predicted octanol–water partition coefficient (Wildman–Crippen LogP) is 2.01. The van der Waals surface area contributed by atoms with E-state index in [4.69, 9.17) is 5.73 Å². The lowest BCUT2D eigenvalue weighted by molar-refractivity contribution is 0.600. The molecule has 0 aliphatic heterocycles. The first kappa shape index (κ1) is 14.7. The maximum atomic E-state index is 12.4. The summed E-state index contributed by atoms with van der Waals surface area (Å²) >= 11 is 1.47. The number of nitrogens with two attached hydrogens (primary N) is 1. The SMILES string of the molecule is CCn1cc(S(=O)(=O)Nc2ccccc2SC)c(N)n1. The Labute approximate surface area is 122 Å². The Morgan fingerprint density at radius 3 is 2.70 bits per heavy atom. The van der Waals surface area contributed by atoms with Crippen LogP contribution >= 0.6 is 11.8 Å². The molecular formula is C12H16N4O2S2. The number of nitrogens with one attached hydrogen (secondary N) is 1. The molecular weight excluding hydrogens is 296 g/mol. The van der Waals surface area contributed by atoms with E-state index in [1.807, 2.05) is 25.3 Å². The average Bonchev–Trinajstić information content (AvgIpc) is 2.81. The van der Waals surface area contributed by atoms with Crippen LogP contribution in [0.3, 0.4) is 0 Å². The minimum absolute atomic E-state index is 0.000910. The van der Waals surface area contributed by atoms with Crippen LogP contribution in [0.1, 0.15) is 6.92 Å². The van der Waals surface area contributed by atoms with E-state index < -0.39 is 10.0 Å². The van der Waals surface area contributed by atoms with E-state index in [1.165, 1.54) is 22.6 Å². The largest absolute Gasteiger partial charge is 0.381 e. The number of hydrogen-bond donors (Lipinski definition) is 2. The molecule has 0 saturated heterocycles. The standard InChI is InChI=1S/C12H16N4O2S2/c1-3-16-8-11(12(13)14-16)20(17,18)15-9-6-4-5-7-10(9)19-2/h4-8,15H,3H2,1-2H3,(H2,13,14). The van der Waals surface area contributed by atoms with Crippen LogP contribution in [0.5, 0.6) is 0 Å². The molecule has 3 N–H and O–H groups in total. The van der Waals surface area contributed by atoms with Crippen LogP contribution in [-0.4, -0.2) is 24.5 Å². The van der Waals surface area contributed by atoms with Crippen LogP contribution in [0.4, 0.5) is 11.5 Å². The van der Waals surface area contributed by atoms with Crippen molar-refractivity contribution in [2.24, 2.45) is 0 Å². The quantitative estimate of drug-likeness (QED) is 0.824. The summed E-state index contributed by atoms with van der Waals surface area (Å²) in [6, 6.07) is 7.19. The molecule has 0 amide bonds. The molecule has 1 aromatic carbocycles. The van der Waals surface area contributed by atoms with Crippen LogP contribution < -0.4 is 10.5 Å². The van der Waals surface area contributed by atoms with Crippen molar-refractivity contribution in [3.63, 3.8) is 0 Å². The number of aromatic nitrogens is 2. The van der Waals surface area contributed by atoms with Crippen molar-refractivity contribution in [1.29, 1.82) is 0 Å². The van der Waals surface area contributed by atoms with Gasteiger partial charge in [-0.3, -0.25) is 9.40 Å². The molecule has 0 radical (unpaired) electrons. The number of para-hydroxylation sites is 1. The van der Waals surface area contributed by atoms with Gasteiger partial charge < -0.3 is 5.73 Å². The third-order valence-corrected chi connectivity index (χ3v) is 4.90. The number of benzene rings is 1. The van der Waals surface area contributed by atoms with Crippen molar-refractivity contribution in [3.05, 3.63) is 30.5 Å². The number of aryl methyl sites for hydroxylation is 1. The summed E-state index contributed by atoms with van der Waals surface area (Å²) in [5.41, 5.74) is 6.20. The maximum absolute atomic E-state index is 12.4. The Morgan fingerprint density at radius 2 is 2.10 bits per heavy atom. The highest BCUT2D eigenvalue weighted by Crippen LogP contribution is 2.28. The van der Waals surface area contributed by atoms with Crippen molar-refractivity contribution in [1.82, 2.24) is 9.78 Å². The van der Waals surface area contributed by atoms with Gasteiger partial charge in [0.05, 0.1) is 5.69 Å². The molecule has 0 aliphatic carbocycles. The zero-order valence-corrected chi connectivity index (χ0v) is 12.8. The minimum Gasteiger partial charge on any atom is -0.381 e. The van der Waals surface area contributed by atoms with Crippen LogP contribution in [0, 0.1) is 0 Å². The van der Waals surface area contributed by atoms with Crippen molar-refractivity contribution in [2.45, 2.75) is 23.3 Å². The van der Waals surface area contributed by atoms with E-state index in [0.29, 0.717) is 12.2 Å². The third-order valence-electron chi connectivity index (χ3n) is 2.72. The Balaban J connectivity index is 2.38. The molecule has 108 valence electrons. The van der Waals surface area contributed by atoms with Gasteiger partial charge in [0, 0.05) is 17.6 Å². The van der Waals surface area contributed by atoms with Crippen molar-refractivity contribution < 1.29 is 8.42 Å². The molecule has 1 heterocycles. The lowest BCUT2D eigenvalue weighted by Gasteiger charge is -2.10. The molecule has 2 aromatic rings. The minimum atomic E-state index is -3.74. The second kappa shape index (κ2) is 5.76. The van der Waals surface area contributed by atoms with Crippen LogP contribution in [0.15, 0.2) is 40.3 Å². The number of thioether (sulfide) groups is 1. The van der Waals surface area contributed by atoms with Crippen LogP contribution in [-0.2, 0) is 16.6 Å². The molecule has 0 aliphatic rings. The Bertz CT molecular complexity index is 710. The van der Waals surface area contributed by atoms with E-state index in [1.54, 1.807) is 12.1 Å². The predicted molar refractivity (Wildman–Crippen MR) is 81.3 cm³/mol. The van der Waals surface area contributed by atoms with E-state index in [0.717, 1.165) is 4.90 Å². The van der Waals surface area contributed by atoms with Gasteiger partial charge in [-0.05, 0) is 25.3 Å². The first-order valence-electron chi connectivity index (χ1n) is 5.96. The molecule has 0 bridgehead atoms. The number of rotatable bonds is 5. The van der Waals surface area contributed by atoms with Gasteiger partial charge in [0.15, 0.2) is 5.82 Å². The lowest BCUT2D eigenvalue weighted by atomic mass is 10.3. The number of sulfonamides is 1. The normalized spacial score (nSPS) is 11.5. The summed E-state index contributed by atoms with van der Waals surface area (Å²) in [6.07, 6.45) is 3.32. The molecule has 0 saturated carbocycles. The summed E-state index contributed by atoms with van der Waals surface area (Å²) in [7, 11) is -3.74. The molecule has 0 fully saturated rings. The summed E-state index contributed by atoms with van der Waals surface area (Å²) in [4.78, 5) is 0.841. The summed E-state index contributed by atoms with van der Waals surface area (Å²) < 4.78 is 28.8. The van der Waals surface area contributed by atoms with Gasteiger partial charge in [-0.2, -0.15) is 5.10 Å². The fraction of sp³-hybridized carbons (Fsp3) is 0.250. The molecule has 1 aromatic heterocycles. The van der Waals surface area contributed by atoms with Gasteiger partial charge in [-0.15, -0.1) is 11.8 Å². The lowest BCUT2D eigenvalue weighted by Crippen LogP contribution is -2.14.